The highest BCUT2D eigenvalue weighted by Crippen LogP contribution is 2.28. The summed E-state index contributed by atoms with van der Waals surface area (Å²) in [4.78, 5) is 0. The number of hydrogen-bond donors (Lipinski definition) is 1. The molecule has 4 heteroatoms. The summed E-state index contributed by atoms with van der Waals surface area (Å²) in [5.41, 5.74) is 4.62. The molecule has 0 aliphatic carbocycles. The van der Waals surface area contributed by atoms with Gasteiger partial charge in [-0.1, -0.05) is 19.9 Å². The van der Waals surface area contributed by atoms with Gasteiger partial charge in [-0.15, -0.1) is 0 Å². The number of ether oxygens (including phenoxy) is 1. The van der Waals surface area contributed by atoms with E-state index in [1.807, 2.05) is 24.7 Å². The smallest absolute Gasteiger partial charge is 0.222 e. The lowest BCUT2D eigenvalue weighted by molar-refractivity contribution is 0.422. The molecule has 0 spiro atoms. The average Bonchev–Trinajstić information content (AvgIpc) is 2.66. The summed E-state index contributed by atoms with van der Waals surface area (Å²) >= 11 is 0. The minimum absolute atomic E-state index is 0.430. The minimum Gasteiger partial charge on any atom is -0.439 e. The summed E-state index contributed by atoms with van der Waals surface area (Å²) in [5.74, 6) is 1.66. The van der Waals surface area contributed by atoms with Gasteiger partial charge in [0, 0.05) is 19.6 Å². The number of nitrogens with zero attached hydrogens (tertiary/aromatic N) is 2. The molecule has 0 unspecified atom stereocenters. The number of aryl methyl sites for hydroxylation is 4. The second kappa shape index (κ2) is 6.31. The fraction of sp³-hybridized carbons (Fsp3) is 0.471. The van der Waals surface area contributed by atoms with E-state index in [4.69, 9.17) is 4.74 Å². The first-order chi connectivity index (χ1) is 9.88. The summed E-state index contributed by atoms with van der Waals surface area (Å²) in [5, 5.41) is 7.91. The molecule has 1 N–H and O–H groups in total. The number of rotatable bonds is 5. The molecule has 0 radical (unpaired) electrons. The molecule has 1 aromatic carbocycles. The first kappa shape index (κ1) is 15.6. The molecule has 21 heavy (non-hydrogen) atoms. The Morgan fingerprint density at radius 2 is 1.90 bits per heavy atom. The van der Waals surface area contributed by atoms with Crippen molar-refractivity contribution in [3.05, 3.63) is 40.6 Å². The Morgan fingerprint density at radius 1 is 1.19 bits per heavy atom. The molecule has 0 atom stereocenters. The average molecular weight is 287 g/mol. The third kappa shape index (κ3) is 3.64. The number of hydrogen-bond acceptors (Lipinski definition) is 3. The van der Waals surface area contributed by atoms with E-state index in [0.29, 0.717) is 6.04 Å². The van der Waals surface area contributed by atoms with Gasteiger partial charge < -0.3 is 10.1 Å². The van der Waals surface area contributed by atoms with E-state index in [-0.39, 0.29) is 0 Å². The van der Waals surface area contributed by atoms with Crippen molar-refractivity contribution in [2.75, 3.05) is 0 Å². The van der Waals surface area contributed by atoms with Crippen LogP contribution in [0.25, 0.3) is 0 Å². The molecule has 2 rings (SSSR count). The van der Waals surface area contributed by atoms with E-state index in [9.17, 15) is 0 Å². The van der Waals surface area contributed by atoms with Gasteiger partial charge in [0.25, 0.3) is 0 Å². The summed E-state index contributed by atoms with van der Waals surface area (Å²) in [6, 6.07) is 6.58. The van der Waals surface area contributed by atoms with Crippen LogP contribution in [-0.4, -0.2) is 15.8 Å². The Kier molecular flexibility index (Phi) is 4.68. The maximum atomic E-state index is 6.09. The van der Waals surface area contributed by atoms with Crippen molar-refractivity contribution in [3.63, 3.8) is 0 Å². The van der Waals surface area contributed by atoms with E-state index >= 15 is 0 Å². The van der Waals surface area contributed by atoms with Crippen molar-refractivity contribution in [2.45, 2.75) is 47.2 Å². The Hall–Kier alpha value is -1.81. The van der Waals surface area contributed by atoms with Crippen LogP contribution in [0.2, 0.25) is 0 Å². The zero-order chi connectivity index (χ0) is 15.6. The van der Waals surface area contributed by atoms with Crippen LogP contribution in [-0.2, 0) is 13.6 Å². The Labute approximate surface area is 127 Å². The molecule has 0 saturated carbocycles. The summed E-state index contributed by atoms with van der Waals surface area (Å²) < 4.78 is 7.90. The molecular formula is C17H25N3O. The number of aromatic nitrogens is 2. The van der Waals surface area contributed by atoms with Crippen LogP contribution >= 0.6 is 0 Å². The zero-order valence-electron chi connectivity index (χ0n) is 13.8. The van der Waals surface area contributed by atoms with Gasteiger partial charge in [0.15, 0.2) is 0 Å². The van der Waals surface area contributed by atoms with Crippen LogP contribution in [0.15, 0.2) is 18.2 Å². The second-order valence-electron chi connectivity index (χ2n) is 5.88. The van der Waals surface area contributed by atoms with Gasteiger partial charge in [-0.25, -0.2) is 4.68 Å². The maximum absolute atomic E-state index is 6.09. The molecular weight excluding hydrogens is 262 g/mol. The van der Waals surface area contributed by atoms with Crippen molar-refractivity contribution >= 4 is 0 Å². The summed E-state index contributed by atoms with van der Waals surface area (Å²) in [6.45, 7) is 11.2. The fourth-order valence-corrected chi connectivity index (χ4v) is 2.21. The van der Waals surface area contributed by atoms with E-state index < -0.39 is 0 Å². The summed E-state index contributed by atoms with van der Waals surface area (Å²) in [6.07, 6.45) is 0. The van der Waals surface area contributed by atoms with E-state index in [1.54, 1.807) is 0 Å². The highest BCUT2D eigenvalue weighted by molar-refractivity contribution is 5.39. The van der Waals surface area contributed by atoms with Crippen molar-refractivity contribution < 1.29 is 4.74 Å². The molecule has 0 bridgehead atoms. The topological polar surface area (TPSA) is 39.1 Å². The quantitative estimate of drug-likeness (QED) is 0.912. The monoisotopic (exact) mass is 287 g/mol. The Bertz CT molecular complexity index is 629. The van der Waals surface area contributed by atoms with Gasteiger partial charge in [0.05, 0.1) is 11.3 Å². The van der Waals surface area contributed by atoms with Crippen LogP contribution in [0.1, 0.15) is 36.2 Å². The van der Waals surface area contributed by atoms with Crippen LogP contribution in [0, 0.1) is 20.8 Å². The van der Waals surface area contributed by atoms with Gasteiger partial charge in [-0.05, 0) is 44.0 Å². The lowest BCUT2D eigenvalue weighted by Gasteiger charge is -2.12. The lowest BCUT2D eigenvalue weighted by atomic mass is 10.1. The van der Waals surface area contributed by atoms with Gasteiger partial charge in [-0.2, -0.15) is 5.10 Å². The third-order valence-electron chi connectivity index (χ3n) is 3.67. The molecule has 2 aromatic rings. The summed E-state index contributed by atoms with van der Waals surface area (Å²) in [7, 11) is 1.92. The molecule has 1 heterocycles. The normalized spacial score (nSPS) is 11.2. The van der Waals surface area contributed by atoms with Crippen molar-refractivity contribution in [3.8, 4) is 11.6 Å². The van der Waals surface area contributed by atoms with E-state index in [0.717, 1.165) is 29.4 Å². The Balaban J connectivity index is 2.28. The van der Waals surface area contributed by atoms with Crippen molar-refractivity contribution in [1.29, 1.82) is 0 Å². The predicted octanol–water partition coefficient (Wildman–Crippen LogP) is 3.64. The predicted molar refractivity (Wildman–Crippen MR) is 85.9 cm³/mol. The van der Waals surface area contributed by atoms with Crippen LogP contribution < -0.4 is 10.1 Å². The third-order valence-corrected chi connectivity index (χ3v) is 3.67. The number of benzene rings is 1. The lowest BCUT2D eigenvalue weighted by Crippen LogP contribution is -2.22. The zero-order valence-corrected chi connectivity index (χ0v) is 13.8. The van der Waals surface area contributed by atoms with Crippen LogP contribution in [0.5, 0.6) is 11.6 Å². The highest BCUT2D eigenvalue weighted by Gasteiger charge is 2.15. The van der Waals surface area contributed by atoms with Gasteiger partial charge in [0.1, 0.15) is 5.75 Å². The minimum atomic E-state index is 0.430. The standard InChI is InChI=1S/C17H25N3O/c1-11(2)18-10-16-14(5)19-20(6)17(16)21-15-8-7-12(3)13(4)9-15/h7-9,11,18H,10H2,1-6H3. The fourth-order valence-electron chi connectivity index (χ4n) is 2.21. The molecule has 1 aromatic heterocycles. The molecule has 0 saturated heterocycles. The van der Waals surface area contributed by atoms with Crippen LogP contribution in [0.4, 0.5) is 0 Å². The molecule has 114 valence electrons. The molecule has 0 amide bonds. The molecule has 0 fully saturated rings. The van der Waals surface area contributed by atoms with Gasteiger partial charge >= 0.3 is 0 Å². The van der Waals surface area contributed by atoms with Crippen molar-refractivity contribution in [2.24, 2.45) is 7.05 Å². The SMILES string of the molecule is Cc1ccc(Oc2c(CNC(C)C)c(C)nn2C)cc1C. The van der Waals surface area contributed by atoms with Gasteiger partial charge in [0.2, 0.25) is 5.88 Å². The number of nitrogens with one attached hydrogen (secondary N) is 1. The molecule has 0 aliphatic rings. The first-order valence-electron chi connectivity index (χ1n) is 7.39. The first-order valence-corrected chi connectivity index (χ1v) is 7.39. The van der Waals surface area contributed by atoms with Gasteiger partial charge in [-0.3, -0.25) is 0 Å². The molecule has 4 nitrogen and oxygen atoms in total. The Morgan fingerprint density at radius 3 is 2.52 bits per heavy atom. The second-order valence-corrected chi connectivity index (χ2v) is 5.88. The van der Waals surface area contributed by atoms with E-state index in [1.165, 1.54) is 11.1 Å². The maximum Gasteiger partial charge on any atom is 0.222 e. The largest absolute Gasteiger partial charge is 0.439 e. The van der Waals surface area contributed by atoms with Crippen LogP contribution in [0.3, 0.4) is 0 Å². The highest BCUT2D eigenvalue weighted by atomic mass is 16.5. The van der Waals surface area contributed by atoms with Crippen molar-refractivity contribution in [1.82, 2.24) is 15.1 Å². The molecule has 0 aliphatic heterocycles. The van der Waals surface area contributed by atoms with E-state index in [2.05, 4.69) is 50.2 Å².